The van der Waals surface area contributed by atoms with Crippen LogP contribution in [0.4, 0.5) is 0 Å². The molecule has 1 unspecified atom stereocenters. The number of allylic oxidation sites excluding steroid dienone is 8. The number of ether oxygens (including phenoxy) is 2. The van der Waals surface area contributed by atoms with Crippen LogP contribution in [0.5, 0.6) is 0 Å². The van der Waals surface area contributed by atoms with Crippen molar-refractivity contribution >= 4 is 19.8 Å². The summed E-state index contributed by atoms with van der Waals surface area (Å²) in [4.78, 5) is 34.9. The Morgan fingerprint density at radius 1 is 0.607 bits per heavy atom. The predicted molar refractivity (Wildman–Crippen MR) is 230 cm³/mol. The zero-order valence-electron chi connectivity index (χ0n) is 35.5. The number of unbranched alkanes of at least 4 members (excludes halogenated alkanes) is 18. The number of carbonyl (C=O) groups excluding carboxylic acids is 2. The number of esters is 2. The third-order valence-electron chi connectivity index (χ3n) is 9.24. The smallest absolute Gasteiger partial charge is 0.462 e. The molecule has 0 fully saturated rings. The molecule has 0 aromatic carbocycles. The lowest BCUT2D eigenvalue weighted by Gasteiger charge is -2.19. The van der Waals surface area contributed by atoms with Crippen molar-refractivity contribution in [1.29, 1.82) is 0 Å². The first kappa shape index (κ1) is 53.9. The average molecular weight is 812 g/mol. The number of phosphoric acid groups is 1. The van der Waals surface area contributed by atoms with E-state index in [0.29, 0.717) is 12.8 Å². The van der Waals surface area contributed by atoms with E-state index < -0.39 is 32.5 Å². The number of carbonyl (C=O) groups is 2. The molecule has 0 aromatic rings. The van der Waals surface area contributed by atoms with Crippen LogP contribution in [-0.2, 0) is 32.7 Å². The molecule has 0 rings (SSSR count). The van der Waals surface area contributed by atoms with E-state index in [2.05, 4.69) is 49.5 Å². The van der Waals surface area contributed by atoms with Gasteiger partial charge in [0, 0.05) is 19.4 Å². The van der Waals surface area contributed by atoms with Crippen LogP contribution in [0.3, 0.4) is 0 Å². The molecule has 0 heterocycles. The highest BCUT2D eigenvalue weighted by atomic mass is 31.2. The molecule has 3 atom stereocenters. The van der Waals surface area contributed by atoms with Crippen LogP contribution >= 0.6 is 7.82 Å². The van der Waals surface area contributed by atoms with E-state index in [1.165, 1.54) is 89.9 Å². The van der Waals surface area contributed by atoms with Crippen LogP contribution in [-0.4, -0.2) is 60.5 Å². The van der Waals surface area contributed by atoms with Gasteiger partial charge in [-0.1, -0.05) is 158 Å². The minimum Gasteiger partial charge on any atom is -0.462 e. The summed E-state index contributed by atoms with van der Waals surface area (Å²) in [5.74, 6) is -0.907. The summed E-state index contributed by atoms with van der Waals surface area (Å²) >= 11 is 0. The van der Waals surface area contributed by atoms with Gasteiger partial charge in [-0.05, 0) is 64.7 Å². The molecule has 0 aliphatic heterocycles. The van der Waals surface area contributed by atoms with Gasteiger partial charge in [0.1, 0.15) is 6.61 Å². The zero-order valence-corrected chi connectivity index (χ0v) is 36.4. The molecule has 0 bridgehead atoms. The summed E-state index contributed by atoms with van der Waals surface area (Å²) < 4.78 is 32.7. The van der Waals surface area contributed by atoms with Gasteiger partial charge >= 0.3 is 19.8 Å². The van der Waals surface area contributed by atoms with Gasteiger partial charge in [0.25, 0.3) is 0 Å². The van der Waals surface area contributed by atoms with Crippen LogP contribution in [0.15, 0.2) is 48.6 Å². The Morgan fingerprint density at radius 3 is 1.54 bits per heavy atom. The van der Waals surface area contributed by atoms with E-state index in [0.717, 1.165) is 57.8 Å². The third kappa shape index (κ3) is 41.6. The summed E-state index contributed by atoms with van der Waals surface area (Å²) in [7, 11) is -4.40. The Kier molecular flexibility index (Phi) is 39.6. The Morgan fingerprint density at radius 2 is 1.05 bits per heavy atom. The average Bonchev–Trinajstić information content (AvgIpc) is 3.17. The number of nitrogens with two attached hydrogens (primary N) is 1. The van der Waals surface area contributed by atoms with Crippen molar-refractivity contribution in [3.63, 3.8) is 0 Å². The van der Waals surface area contributed by atoms with Crippen LogP contribution in [0.2, 0.25) is 0 Å². The number of aliphatic hydroxyl groups excluding tert-OH is 1. The lowest BCUT2D eigenvalue weighted by Crippen LogP contribution is -2.29. The van der Waals surface area contributed by atoms with Gasteiger partial charge in [-0.2, -0.15) is 0 Å². The van der Waals surface area contributed by atoms with Crippen LogP contribution in [0.25, 0.3) is 0 Å². The maximum atomic E-state index is 12.6. The highest BCUT2D eigenvalue weighted by Crippen LogP contribution is 2.43. The van der Waals surface area contributed by atoms with Crippen molar-refractivity contribution in [1.82, 2.24) is 0 Å². The van der Waals surface area contributed by atoms with Crippen molar-refractivity contribution in [2.45, 2.75) is 199 Å². The fraction of sp³-hybridized carbons (Fsp3) is 0.778. The van der Waals surface area contributed by atoms with Crippen LogP contribution in [0, 0.1) is 0 Å². The summed E-state index contributed by atoms with van der Waals surface area (Å²) in [6, 6.07) is 0. The van der Waals surface area contributed by atoms with Gasteiger partial charge < -0.3 is 25.2 Å². The first-order valence-corrected chi connectivity index (χ1v) is 23.6. The van der Waals surface area contributed by atoms with E-state index in [9.17, 15) is 24.2 Å². The Bertz CT molecular complexity index is 1080. The molecule has 0 aliphatic rings. The maximum Gasteiger partial charge on any atom is 0.472 e. The predicted octanol–water partition coefficient (Wildman–Crippen LogP) is 11.7. The standard InChI is InChI=1S/C45H82NO9P/c1-3-4-5-6-7-8-9-10-11-12-15-18-21-24-27-30-33-36-44(48)52-40-43(41-54-56(50,51)53-39-38-46)55-45(49)37-34-31-28-25-22-19-16-13-14-17-20-23-26-29-32-35-42(2)47/h14,16-17,19,23,25-26,28,42-43,47H,3-13,15,18,20-22,24,27,29-41,46H2,1-2H3,(H,50,51)/b17-14-,19-16-,26-23-,28-25-/t42-,43+/m0/s1. The number of aliphatic hydroxyl groups is 1. The van der Waals surface area contributed by atoms with E-state index >= 15 is 0 Å². The largest absolute Gasteiger partial charge is 0.472 e. The Hall–Kier alpha value is -2.07. The fourth-order valence-electron chi connectivity index (χ4n) is 5.94. The molecule has 326 valence electrons. The van der Waals surface area contributed by atoms with Crippen LogP contribution in [0.1, 0.15) is 187 Å². The first-order chi connectivity index (χ1) is 27.2. The second-order valence-electron chi connectivity index (χ2n) is 14.9. The summed E-state index contributed by atoms with van der Waals surface area (Å²) in [5, 5.41) is 9.27. The third-order valence-corrected chi connectivity index (χ3v) is 10.2. The minimum absolute atomic E-state index is 0.0389. The van der Waals surface area contributed by atoms with Crippen molar-refractivity contribution in [2.24, 2.45) is 5.73 Å². The highest BCUT2D eigenvalue weighted by molar-refractivity contribution is 7.47. The molecule has 56 heavy (non-hydrogen) atoms. The molecule has 10 nitrogen and oxygen atoms in total. The van der Waals surface area contributed by atoms with E-state index in [1.807, 2.05) is 13.0 Å². The second kappa shape index (κ2) is 41.1. The monoisotopic (exact) mass is 812 g/mol. The number of hydrogen-bond donors (Lipinski definition) is 3. The lowest BCUT2D eigenvalue weighted by atomic mass is 10.0. The number of hydrogen-bond acceptors (Lipinski definition) is 9. The molecule has 4 N–H and O–H groups in total. The van der Waals surface area contributed by atoms with Gasteiger partial charge in [0.2, 0.25) is 0 Å². The molecule has 11 heteroatoms. The van der Waals surface area contributed by atoms with Crippen molar-refractivity contribution in [3.8, 4) is 0 Å². The van der Waals surface area contributed by atoms with Gasteiger partial charge in [-0.15, -0.1) is 0 Å². The van der Waals surface area contributed by atoms with Gasteiger partial charge in [0.15, 0.2) is 6.10 Å². The summed E-state index contributed by atoms with van der Waals surface area (Å²) in [6.07, 6.45) is 44.2. The molecular weight excluding hydrogens is 729 g/mol. The maximum absolute atomic E-state index is 12.6. The normalized spacial score (nSPS) is 14.3. The number of phosphoric ester groups is 1. The molecule has 0 amide bonds. The van der Waals surface area contributed by atoms with Gasteiger partial charge in [0.05, 0.1) is 19.3 Å². The first-order valence-electron chi connectivity index (χ1n) is 22.1. The molecule has 0 aliphatic carbocycles. The lowest BCUT2D eigenvalue weighted by molar-refractivity contribution is -0.161. The van der Waals surface area contributed by atoms with E-state index in [4.69, 9.17) is 24.3 Å². The Balaban J connectivity index is 4.22. The fourth-order valence-corrected chi connectivity index (χ4v) is 6.71. The van der Waals surface area contributed by atoms with Gasteiger partial charge in [-0.25, -0.2) is 4.57 Å². The number of rotatable bonds is 41. The molecule has 0 spiro atoms. The summed E-state index contributed by atoms with van der Waals surface area (Å²) in [6.45, 7) is 3.22. The quantitative estimate of drug-likeness (QED) is 0.0235. The van der Waals surface area contributed by atoms with Gasteiger partial charge in [-0.3, -0.25) is 18.6 Å². The van der Waals surface area contributed by atoms with E-state index in [-0.39, 0.29) is 38.7 Å². The SMILES string of the molecule is CCCCCCCCCCCCCCCCCCCC(=O)OC[C@H](COP(=O)(O)OCCN)OC(=O)CCC/C=C\C/C=C\C/C=C\C/C=C\CCC[C@H](C)O. The van der Waals surface area contributed by atoms with Crippen molar-refractivity contribution in [3.05, 3.63) is 48.6 Å². The van der Waals surface area contributed by atoms with Crippen molar-refractivity contribution in [2.75, 3.05) is 26.4 Å². The molecule has 0 radical (unpaired) electrons. The van der Waals surface area contributed by atoms with Crippen molar-refractivity contribution < 1.29 is 42.7 Å². The Labute approximate surface area is 341 Å². The molecule has 0 aromatic heterocycles. The zero-order chi connectivity index (χ0) is 41.2. The minimum atomic E-state index is -4.40. The summed E-state index contributed by atoms with van der Waals surface area (Å²) in [5.41, 5.74) is 5.34. The molecule has 0 saturated carbocycles. The van der Waals surface area contributed by atoms with Crippen LogP contribution < -0.4 is 5.73 Å². The second-order valence-corrected chi connectivity index (χ2v) is 16.3. The highest BCUT2D eigenvalue weighted by Gasteiger charge is 2.26. The topological polar surface area (TPSA) is 155 Å². The molecule has 0 saturated heterocycles. The molecular formula is C45H82NO9P. The van der Waals surface area contributed by atoms with E-state index in [1.54, 1.807) is 0 Å².